The highest BCUT2D eigenvalue weighted by Crippen LogP contribution is 2.42. The largest absolute Gasteiger partial charge is 0.489 e. The van der Waals surface area contributed by atoms with Crippen molar-refractivity contribution in [2.75, 3.05) is 13.2 Å². The van der Waals surface area contributed by atoms with Gasteiger partial charge in [-0.1, -0.05) is 6.07 Å². The lowest BCUT2D eigenvalue weighted by Gasteiger charge is -2.33. The van der Waals surface area contributed by atoms with Gasteiger partial charge in [0.15, 0.2) is 17.7 Å². The van der Waals surface area contributed by atoms with Gasteiger partial charge in [0.25, 0.3) is 0 Å². The Bertz CT molecular complexity index is 1160. The summed E-state index contributed by atoms with van der Waals surface area (Å²) in [5, 5.41) is 2.68. The van der Waals surface area contributed by atoms with Crippen molar-refractivity contribution in [1.29, 1.82) is 0 Å². The number of amides is 1. The molecule has 7 nitrogen and oxygen atoms in total. The van der Waals surface area contributed by atoms with E-state index in [9.17, 15) is 22.4 Å². The number of nitrogens with zero attached hydrogens (tertiary/aromatic N) is 1. The van der Waals surface area contributed by atoms with E-state index in [1.54, 1.807) is 18.0 Å². The average Bonchev–Trinajstić information content (AvgIpc) is 3.55. The Morgan fingerprint density at radius 1 is 1.19 bits per heavy atom. The molecule has 2 aliphatic rings. The maximum Gasteiger partial charge on any atom is 0.387 e. The summed E-state index contributed by atoms with van der Waals surface area (Å²) in [7, 11) is 0. The molecular formula is C26H29F4N3O4. The first-order chi connectivity index (χ1) is 17.6. The zero-order valence-electron chi connectivity index (χ0n) is 20.4. The molecule has 1 fully saturated rings. The van der Waals surface area contributed by atoms with Crippen molar-refractivity contribution >= 4 is 5.91 Å². The first-order valence-corrected chi connectivity index (χ1v) is 11.9. The van der Waals surface area contributed by atoms with Crippen LogP contribution in [0.2, 0.25) is 0 Å². The van der Waals surface area contributed by atoms with Crippen LogP contribution in [0.3, 0.4) is 0 Å². The first-order valence-electron chi connectivity index (χ1n) is 11.9. The van der Waals surface area contributed by atoms with Crippen molar-refractivity contribution in [3.63, 3.8) is 0 Å². The van der Waals surface area contributed by atoms with Gasteiger partial charge in [-0.25, -0.2) is 8.78 Å². The summed E-state index contributed by atoms with van der Waals surface area (Å²) in [5.41, 5.74) is 6.68. The lowest BCUT2D eigenvalue weighted by molar-refractivity contribution is -0.119. The minimum Gasteiger partial charge on any atom is -0.489 e. The predicted molar refractivity (Wildman–Crippen MR) is 126 cm³/mol. The van der Waals surface area contributed by atoms with E-state index in [1.165, 1.54) is 31.2 Å². The molecule has 0 spiro atoms. The maximum absolute atomic E-state index is 14.9. The summed E-state index contributed by atoms with van der Waals surface area (Å²) >= 11 is 0. The topological polar surface area (TPSA) is 86.1 Å². The van der Waals surface area contributed by atoms with Crippen LogP contribution in [0.15, 0.2) is 48.4 Å². The van der Waals surface area contributed by atoms with Crippen molar-refractivity contribution in [2.45, 2.75) is 51.6 Å². The molecule has 3 N–H and O–H groups in total. The number of nitrogens with one attached hydrogen (secondary N) is 1. The molecule has 0 bridgehead atoms. The monoisotopic (exact) mass is 523 g/mol. The minimum atomic E-state index is -3.04. The molecule has 200 valence electrons. The molecular weight excluding hydrogens is 494 g/mol. The summed E-state index contributed by atoms with van der Waals surface area (Å²) in [6.45, 7) is 0.316. The van der Waals surface area contributed by atoms with Crippen molar-refractivity contribution in [2.24, 2.45) is 11.7 Å². The van der Waals surface area contributed by atoms with Crippen LogP contribution in [0, 0.1) is 17.6 Å². The van der Waals surface area contributed by atoms with Gasteiger partial charge >= 0.3 is 6.61 Å². The van der Waals surface area contributed by atoms with Crippen LogP contribution >= 0.6 is 0 Å². The second kappa shape index (κ2) is 11.3. The molecule has 0 saturated heterocycles. The number of rotatable bonds is 11. The Morgan fingerprint density at radius 2 is 1.95 bits per heavy atom. The molecule has 1 amide bonds. The molecule has 37 heavy (non-hydrogen) atoms. The quantitative estimate of drug-likeness (QED) is 0.414. The van der Waals surface area contributed by atoms with E-state index < -0.39 is 36.6 Å². The van der Waals surface area contributed by atoms with Crippen molar-refractivity contribution in [1.82, 2.24) is 10.2 Å². The van der Waals surface area contributed by atoms with Crippen molar-refractivity contribution in [3.8, 4) is 11.5 Å². The molecule has 0 radical (unpaired) electrons. The number of hydrogen-bond donors (Lipinski definition) is 2. The maximum atomic E-state index is 14.9. The van der Waals surface area contributed by atoms with Gasteiger partial charge in [0.2, 0.25) is 5.91 Å². The van der Waals surface area contributed by atoms with Crippen LogP contribution in [0.5, 0.6) is 11.5 Å². The predicted octanol–water partition coefficient (Wildman–Crippen LogP) is 4.75. The van der Waals surface area contributed by atoms with Crippen LogP contribution in [0.25, 0.3) is 0 Å². The Morgan fingerprint density at radius 3 is 2.57 bits per heavy atom. The van der Waals surface area contributed by atoms with Gasteiger partial charge in [0, 0.05) is 36.9 Å². The number of ether oxygens (including phenoxy) is 3. The number of benzene rings is 2. The van der Waals surface area contributed by atoms with E-state index in [2.05, 4.69) is 10.1 Å². The molecule has 1 saturated carbocycles. The van der Waals surface area contributed by atoms with Gasteiger partial charge in [-0.05, 0) is 49.9 Å². The summed E-state index contributed by atoms with van der Waals surface area (Å²) < 4.78 is 71.1. The molecule has 4 rings (SSSR count). The number of carbonyl (C=O) groups excluding carboxylic acids is 1. The first kappa shape index (κ1) is 26.6. The van der Waals surface area contributed by atoms with Gasteiger partial charge in [-0.3, -0.25) is 4.79 Å². The second-order valence-corrected chi connectivity index (χ2v) is 9.20. The molecule has 11 heteroatoms. The lowest BCUT2D eigenvalue weighted by atomic mass is 10.0. The van der Waals surface area contributed by atoms with Gasteiger partial charge in [-0.2, -0.15) is 8.78 Å². The Balaban J connectivity index is 1.73. The fourth-order valence-corrected chi connectivity index (χ4v) is 4.02. The summed E-state index contributed by atoms with van der Waals surface area (Å²) in [6, 6.07) is 6.27. The fraction of sp³-hybridized carbons (Fsp3) is 0.423. The molecule has 0 aromatic heterocycles. The third-order valence-corrected chi connectivity index (χ3v) is 6.11. The SMILES string of the molecule is CC(=O)NCC(c1ccc(F)cc1F)N1C=C([C@H](C)N)OC1c1ccc(OC(F)F)c(OCC2CC2)c1. The van der Waals surface area contributed by atoms with E-state index in [1.807, 2.05) is 0 Å². The van der Waals surface area contributed by atoms with Crippen LogP contribution in [0.1, 0.15) is 50.1 Å². The number of hydrogen-bond acceptors (Lipinski definition) is 6. The van der Waals surface area contributed by atoms with Crippen molar-refractivity contribution in [3.05, 3.63) is 71.1 Å². The number of halogens is 4. The normalized spacial score (nSPS) is 18.8. The molecule has 2 aromatic carbocycles. The summed E-state index contributed by atoms with van der Waals surface area (Å²) in [6.07, 6.45) is 2.73. The van der Waals surface area contributed by atoms with E-state index in [0.29, 0.717) is 23.8 Å². The lowest BCUT2D eigenvalue weighted by Crippen LogP contribution is -2.36. The highest BCUT2D eigenvalue weighted by Gasteiger charge is 2.36. The van der Waals surface area contributed by atoms with Crippen LogP contribution < -0.4 is 20.5 Å². The Labute approximate surface area is 212 Å². The van der Waals surface area contributed by atoms with Crippen LogP contribution in [-0.4, -0.2) is 36.6 Å². The molecule has 1 heterocycles. The second-order valence-electron chi connectivity index (χ2n) is 9.20. The fourth-order valence-electron chi connectivity index (χ4n) is 4.02. The number of carbonyl (C=O) groups is 1. The molecule has 1 aliphatic carbocycles. The standard InChI is InChI=1S/C26H29F4N3O4/c1-14(31)24-12-33(21(11-32-15(2)34)19-7-6-18(27)10-20(19)28)25(36-24)17-5-8-22(37-26(29)30)23(9-17)35-13-16-3-4-16/h5-10,12,14,16,21,25-26H,3-4,11,13,31H2,1-2H3,(H,32,34)/t14-,21?,25?/m0/s1. The van der Waals surface area contributed by atoms with Gasteiger partial charge in [0.05, 0.1) is 18.7 Å². The molecule has 1 aliphatic heterocycles. The van der Waals surface area contributed by atoms with Gasteiger partial charge in [-0.15, -0.1) is 0 Å². The molecule has 2 aromatic rings. The summed E-state index contributed by atoms with van der Waals surface area (Å²) in [5.74, 6) is -1.15. The third-order valence-electron chi connectivity index (χ3n) is 6.11. The third kappa shape index (κ3) is 6.65. The summed E-state index contributed by atoms with van der Waals surface area (Å²) in [4.78, 5) is 13.4. The highest BCUT2D eigenvalue weighted by molar-refractivity contribution is 5.72. The molecule has 2 unspecified atom stereocenters. The van der Waals surface area contributed by atoms with Gasteiger partial charge in [0.1, 0.15) is 17.4 Å². The zero-order valence-corrected chi connectivity index (χ0v) is 20.4. The Hall–Kier alpha value is -3.47. The van der Waals surface area contributed by atoms with E-state index >= 15 is 0 Å². The van der Waals surface area contributed by atoms with Crippen LogP contribution in [0.4, 0.5) is 17.6 Å². The van der Waals surface area contributed by atoms with Gasteiger partial charge < -0.3 is 30.2 Å². The van der Waals surface area contributed by atoms with Crippen LogP contribution in [-0.2, 0) is 9.53 Å². The van der Waals surface area contributed by atoms with E-state index in [4.69, 9.17) is 15.2 Å². The Kier molecular flexibility index (Phi) is 8.11. The zero-order chi connectivity index (χ0) is 26.7. The molecule has 3 atom stereocenters. The smallest absolute Gasteiger partial charge is 0.387 e. The van der Waals surface area contributed by atoms with E-state index in [-0.39, 0.29) is 29.5 Å². The number of alkyl halides is 2. The van der Waals surface area contributed by atoms with E-state index in [0.717, 1.165) is 25.0 Å². The average molecular weight is 524 g/mol. The highest BCUT2D eigenvalue weighted by atomic mass is 19.3. The minimum absolute atomic E-state index is 0.0297. The van der Waals surface area contributed by atoms with Crippen molar-refractivity contribution < 1.29 is 36.6 Å². The number of nitrogens with two attached hydrogens (primary N) is 1.